The van der Waals surface area contributed by atoms with Crippen molar-refractivity contribution in [3.8, 4) is 5.75 Å². The summed E-state index contributed by atoms with van der Waals surface area (Å²) < 4.78 is 6.68. The molecule has 2 aromatic carbocycles. The molecule has 2 aliphatic rings. The summed E-state index contributed by atoms with van der Waals surface area (Å²) in [6, 6.07) is 6.51. The van der Waals surface area contributed by atoms with E-state index in [1.165, 1.54) is 25.8 Å². The number of likely N-dealkylation sites (N-methyl/N-ethyl adjacent to an activating group) is 1. The molecule has 6 rings (SSSR count). The number of phenolic OH excluding ortho intramolecular Hbond substituents is 1. The summed E-state index contributed by atoms with van der Waals surface area (Å²) in [6.45, 7) is 3.06. The van der Waals surface area contributed by atoms with Gasteiger partial charge >= 0.3 is 17.7 Å². The van der Waals surface area contributed by atoms with Crippen LogP contribution in [0.15, 0.2) is 82.5 Å². The Morgan fingerprint density at radius 3 is 2.51 bits per heavy atom. The van der Waals surface area contributed by atoms with Crippen LogP contribution in [0.5, 0.6) is 5.75 Å². The van der Waals surface area contributed by atoms with Crippen molar-refractivity contribution < 1.29 is 44.0 Å². The van der Waals surface area contributed by atoms with E-state index in [0.29, 0.717) is 11.1 Å². The Bertz CT molecular complexity index is 2410. The van der Waals surface area contributed by atoms with Gasteiger partial charge in [0.2, 0.25) is 23.9 Å². The van der Waals surface area contributed by atoms with Gasteiger partial charge in [0.1, 0.15) is 35.7 Å². The first-order valence-corrected chi connectivity index (χ1v) is 18.7. The standard InChI is InChI=1S/C39H45N9O11/c1-19(43-38(57)44-28(37(55)56)14-22-16-40-26-9-5-4-8-24(22)26)33(52)46-32(20(2)47(3)35(54)27-13-21-7-6-10-29(49)25(21)18-41-27)34(53)42-17-23-15-30(50)36(59-23)48-12-11-31(51)45-39(48)58/h4-12,16-17,19-20,27-28,30,32,36,40-41,49-50H,13-15,18H2,1-3H3,(H,42,53)(H,46,52)(H,55,56)(H2,43,44,57)(H,45,51,58)/b23-17-/t19-,20-,27?,28-,30+,32-,36+/m0/s1. The summed E-state index contributed by atoms with van der Waals surface area (Å²) in [6.07, 6.45) is 1.52. The lowest BCUT2D eigenvalue weighted by Gasteiger charge is -2.35. The minimum absolute atomic E-state index is 0.0526. The molecule has 1 fully saturated rings. The maximum absolute atomic E-state index is 13.9. The van der Waals surface area contributed by atoms with Crippen LogP contribution in [0.1, 0.15) is 43.2 Å². The SMILES string of the molecule is C[C@H](NC(=O)N[C@@H](Cc1c[nH]c2ccccc12)C(=O)O)C(=O)N[C@H](C(=O)N/C=C1/C[C@@H](O)[C@H](n2ccc(=O)[nH]c2=O)O1)[C@H](C)N(C)C(=O)C1Cc2cccc(O)c2CN1. The summed E-state index contributed by atoms with van der Waals surface area (Å²) in [4.78, 5) is 96.7. The number of benzene rings is 2. The van der Waals surface area contributed by atoms with Gasteiger partial charge in [-0.05, 0) is 43.5 Å². The van der Waals surface area contributed by atoms with Crippen LogP contribution in [-0.2, 0) is 43.3 Å². The Balaban J connectivity index is 1.15. The third kappa shape index (κ3) is 9.45. The number of aliphatic hydroxyl groups is 1. The van der Waals surface area contributed by atoms with Gasteiger partial charge in [-0.1, -0.05) is 30.3 Å². The van der Waals surface area contributed by atoms with Gasteiger partial charge in [0, 0.05) is 67.6 Å². The number of aromatic nitrogens is 3. The monoisotopic (exact) mass is 815 g/mol. The van der Waals surface area contributed by atoms with Gasteiger partial charge in [-0.2, -0.15) is 0 Å². The molecule has 0 saturated carbocycles. The second-order valence-corrected chi connectivity index (χ2v) is 14.4. The number of urea groups is 1. The topological polar surface area (TPSA) is 289 Å². The maximum atomic E-state index is 13.9. The first kappa shape index (κ1) is 41.7. The number of carboxylic acids is 1. The zero-order chi connectivity index (χ0) is 42.5. The van der Waals surface area contributed by atoms with Crippen LogP contribution in [0.25, 0.3) is 10.9 Å². The highest BCUT2D eigenvalue weighted by molar-refractivity contribution is 5.94. The van der Waals surface area contributed by atoms with Crippen molar-refractivity contribution in [2.45, 2.75) is 82.2 Å². The van der Waals surface area contributed by atoms with Crippen LogP contribution < -0.4 is 37.8 Å². The number of aliphatic carboxylic acids is 1. The molecule has 5 amide bonds. The van der Waals surface area contributed by atoms with E-state index in [4.69, 9.17) is 4.74 Å². The number of phenols is 1. The van der Waals surface area contributed by atoms with Crippen molar-refractivity contribution in [2.75, 3.05) is 7.05 Å². The van der Waals surface area contributed by atoms with Crippen molar-refractivity contribution >= 4 is 40.6 Å². The molecule has 4 aromatic rings. The summed E-state index contributed by atoms with van der Waals surface area (Å²) in [5, 5.41) is 44.6. The number of hydrogen-bond acceptors (Lipinski definition) is 11. The van der Waals surface area contributed by atoms with Crippen LogP contribution in [0.3, 0.4) is 0 Å². The number of aromatic amines is 2. The van der Waals surface area contributed by atoms with Gasteiger partial charge in [0.15, 0.2) is 0 Å². The fraction of sp³-hybridized carbons (Fsp3) is 0.359. The zero-order valence-electron chi connectivity index (χ0n) is 32.2. The Labute approximate surface area is 335 Å². The number of aromatic hydroxyl groups is 1. The molecule has 20 heteroatoms. The number of fused-ring (bicyclic) bond motifs is 2. The molecule has 0 radical (unpaired) electrons. The minimum Gasteiger partial charge on any atom is -0.508 e. The fourth-order valence-corrected chi connectivity index (χ4v) is 7.04. The third-order valence-electron chi connectivity index (χ3n) is 10.5. The quantitative estimate of drug-likeness (QED) is 0.0809. The fourth-order valence-electron chi connectivity index (χ4n) is 7.04. The van der Waals surface area contributed by atoms with Crippen molar-refractivity contribution in [1.82, 2.24) is 46.0 Å². The Kier molecular flexibility index (Phi) is 12.5. The molecule has 0 aliphatic carbocycles. The molecule has 0 spiro atoms. The number of carbonyl (C=O) groups excluding carboxylic acids is 4. The summed E-state index contributed by atoms with van der Waals surface area (Å²) >= 11 is 0. The minimum atomic E-state index is -1.46. The highest BCUT2D eigenvalue weighted by atomic mass is 16.5. The highest BCUT2D eigenvalue weighted by Crippen LogP contribution is 2.30. The molecular formula is C39H45N9O11. The van der Waals surface area contributed by atoms with E-state index in [-0.39, 0.29) is 37.3 Å². The van der Waals surface area contributed by atoms with Crippen molar-refractivity contribution in [3.63, 3.8) is 0 Å². The molecule has 20 nitrogen and oxygen atoms in total. The number of para-hydroxylation sites is 1. The van der Waals surface area contributed by atoms with Gasteiger partial charge < -0.3 is 56.5 Å². The van der Waals surface area contributed by atoms with Crippen LogP contribution in [0.2, 0.25) is 0 Å². The summed E-state index contributed by atoms with van der Waals surface area (Å²) in [5.41, 5.74) is 1.40. The molecule has 0 bridgehead atoms. The van der Waals surface area contributed by atoms with E-state index in [2.05, 4.69) is 36.6 Å². The van der Waals surface area contributed by atoms with Gasteiger partial charge in [-0.3, -0.25) is 28.7 Å². The van der Waals surface area contributed by atoms with Gasteiger partial charge in [0.25, 0.3) is 5.56 Å². The average molecular weight is 816 g/mol. The van der Waals surface area contributed by atoms with Crippen LogP contribution in [0.4, 0.5) is 4.79 Å². The molecule has 10 N–H and O–H groups in total. The van der Waals surface area contributed by atoms with Crippen molar-refractivity contribution in [3.05, 3.63) is 110 Å². The number of carbonyl (C=O) groups is 5. The summed E-state index contributed by atoms with van der Waals surface area (Å²) in [7, 11) is 1.45. The number of aliphatic hydroxyl groups excluding tert-OH is 1. The van der Waals surface area contributed by atoms with Gasteiger partial charge in [-0.15, -0.1) is 0 Å². The van der Waals surface area contributed by atoms with Crippen molar-refractivity contribution in [2.24, 2.45) is 0 Å². The number of amides is 5. The lowest BCUT2D eigenvalue weighted by molar-refractivity contribution is -0.139. The molecule has 4 heterocycles. The van der Waals surface area contributed by atoms with E-state index < -0.39 is 83.5 Å². The lowest BCUT2D eigenvalue weighted by atomic mass is 9.94. The average Bonchev–Trinajstić information content (AvgIpc) is 3.79. The van der Waals surface area contributed by atoms with E-state index >= 15 is 0 Å². The predicted molar refractivity (Wildman–Crippen MR) is 209 cm³/mol. The van der Waals surface area contributed by atoms with Gasteiger partial charge in [-0.25, -0.2) is 14.4 Å². The summed E-state index contributed by atoms with van der Waals surface area (Å²) in [5.74, 6) is -3.26. The number of H-pyrrole nitrogens is 2. The van der Waals surface area contributed by atoms with Crippen LogP contribution in [0, 0.1) is 0 Å². The number of carboxylic acid groups (broad SMARTS) is 1. The first-order chi connectivity index (χ1) is 28.1. The molecule has 1 saturated heterocycles. The van der Waals surface area contributed by atoms with E-state index in [0.717, 1.165) is 39.5 Å². The van der Waals surface area contributed by atoms with Gasteiger partial charge in [0.05, 0.1) is 12.1 Å². The van der Waals surface area contributed by atoms with Crippen LogP contribution >= 0.6 is 0 Å². The number of nitrogens with zero attached hydrogens (tertiary/aromatic N) is 2. The van der Waals surface area contributed by atoms with E-state index in [1.807, 2.05) is 18.2 Å². The number of ether oxygens (including phenoxy) is 1. The Hall–Kier alpha value is -6.93. The van der Waals surface area contributed by atoms with E-state index in [9.17, 15) is 48.9 Å². The largest absolute Gasteiger partial charge is 0.508 e. The zero-order valence-corrected chi connectivity index (χ0v) is 32.2. The third-order valence-corrected chi connectivity index (χ3v) is 10.5. The predicted octanol–water partition coefficient (Wildman–Crippen LogP) is -0.609. The number of rotatable bonds is 13. The molecular weight excluding hydrogens is 770 g/mol. The first-order valence-electron chi connectivity index (χ1n) is 18.7. The molecule has 59 heavy (non-hydrogen) atoms. The van der Waals surface area contributed by atoms with Crippen LogP contribution in [-0.4, -0.2) is 108 Å². The second-order valence-electron chi connectivity index (χ2n) is 14.4. The second kappa shape index (κ2) is 17.7. The number of hydrogen-bond donors (Lipinski definition) is 10. The Morgan fingerprint density at radius 2 is 1.76 bits per heavy atom. The smallest absolute Gasteiger partial charge is 0.331 e. The number of nitrogens with one attached hydrogen (secondary N) is 7. The molecule has 2 aliphatic heterocycles. The molecule has 1 unspecified atom stereocenters. The van der Waals surface area contributed by atoms with E-state index in [1.54, 1.807) is 30.5 Å². The normalized spacial score (nSPS) is 20.0. The molecule has 312 valence electrons. The molecule has 7 atom stereocenters. The van der Waals surface area contributed by atoms with Crippen molar-refractivity contribution in [1.29, 1.82) is 0 Å². The maximum Gasteiger partial charge on any atom is 0.331 e. The Morgan fingerprint density at radius 1 is 1.00 bits per heavy atom. The lowest BCUT2D eigenvalue weighted by Crippen LogP contribution is -2.62. The molecule has 2 aromatic heterocycles. The highest BCUT2D eigenvalue weighted by Gasteiger charge is 2.37.